The minimum Gasteiger partial charge on any atom is -0.389 e. The van der Waals surface area contributed by atoms with Crippen molar-refractivity contribution in [1.82, 2.24) is 9.44 Å². The maximum atomic E-state index is 11.6. The van der Waals surface area contributed by atoms with Crippen molar-refractivity contribution < 1.29 is 13.5 Å². The molecule has 0 aromatic rings. The maximum absolute atomic E-state index is 11.6. The molecule has 1 rings (SSSR count). The summed E-state index contributed by atoms with van der Waals surface area (Å²) in [6, 6.07) is 0. The Hall–Kier alpha value is -0.170. The van der Waals surface area contributed by atoms with Crippen LogP contribution in [-0.2, 0) is 10.2 Å². The van der Waals surface area contributed by atoms with Crippen LogP contribution in [-0.4, -0.2) is 32.2 Å². The lowest BCUT2D eigenvalue weighted by atomic mass is 9.71. The first-order valence-corrected chi connectivity index (χ1v) is 8.13. The fraction of sp³-hybridized carbons (Fsp3) is 1.00. The molecule has 0 unspecified atom stereocenters. The Kier molecular flexibility index (Phi) is 5.17. The summed E-state index contributed by atoms with van der Waals surface area (Å²) in [5, 5.41) is 10.3. The van der Waals surface area contributed by atoms with Gasteiger partial charge in [-0.2, -0.15) is 13.1 Å². The first-order valence-electron chi connectivity index (χ1n) is 6.65. The molecule has 1 aliphatic carbocycles. The lowest BCUT2D eigenvalue weighted by molar-refractivity contribution is -0.0206. The average molecular weight is 278 g/mol. The second-order valence-electron chi connectivity index (χ2n) is 6.11. The zero-order valence-electron chi connectivity index (χ0n) is 11.6. The molecule has 0 aromatic heterocycles. The average Bonchev–Trinajstić information content (AvgIpc) is 2.29. The van der Waals surface area contributed by atoms with Crippen LogP contribution in [0, 0.1) is 5.41 Å². The normalized spacial score (nSPS) is 22.9. The summed E-state index contributed by atoms with van der Waals surface area (Å²) >= 11 is 0. The molecule has 0 atom stereocenters. The van der Waals surface area contributed by atoms with Crippen molar-refractivity contribution in [2.24, 2.45) is 5.41 Å². The van der Waals surface area contributed by atoms with Crippen LogP contribution in [0.1, 0.15) is 52.9 Å². The second-order valence-corrected chi connectivity index (χ2v) is 7.69. The lowest BCUT2D eigenvalue weighted by Gasteiger charge is -2.40. The Morgan fingerprint density at radius 3 is 2.17 bits per heavy atom. The molecule has 0 heterocycles. The molecule has 0 aliphatic heterocycles. The zero-order valence-corrected chi connectivity index (χ0v) is 12.4. The largest absolute Gasteiger partial charge is 0.389 e. The van der Waals surface area contributed by atoms with E-state index < -0.39 is 15.8 Å². The van der Waals surface area contributed by atoms with E-state index in [0.29, 0.717) is 19.4 Å². The van der Waals surface area contributed by atoms with E-state index in [-0.39, 0.29) is 12.0 Å². The molecule has 3 N–H and O–H groups in total. The maximum Gasteiger partial charge on any atom is 0.277 e. The Labute approximate surface area is 111 Å². The predicted octanol–water partition coefficient (Wildman–Crippen LogP) is 1.15. The van der Waals surface area contributed by atoms with Gasteiger partial charge in [-0.05, 0) is 37.5 Å². The molecule has 18 heavy (non-hydrogen) atoms. The Balaban J connectivity index is 2.43. The second kappa shape index (κ2) is 5.86. The van der Waals surface area contributed by atoms with Crippen molar-refractivity contribution in [3.05, 3.63) is 0 Å². The van der Waals surface area contributed by atoms with Crippen LogP contribution in [0.3, 0.4) is 0 Å². The highest BCUT2D eigenvalue weighted by Gasteiger charge is 2.37. The van der Waals surface area contributed by atoms with Gasteiger partial charge in [-0.3, -0.25) is 0 Å². The van der Waals surface area contributed by atoms with Crippen LogP contribution in [0.4, 0.5) is 0 Å². The summed E-state index contributed by atoms with van der Waals surface area (Å²) in [5.41, 5.74) is -0.637. The van der Waals surface area contributed by atoms with E-state index in [4.69, 9.17) is 0 Å². The molecular weight excluding hydrogens is 252 g/mol. The number of hydrogen-bond donors (Lipinski definition) is 3. The fourth-order valence-electron chi connectivity index (χ4n) is 2.09. The van der Waals surface area contributed by atoms with Crippen molar-refractivity contribution in [2.75, 3.05) is 13.1 Å². The lowest BCUT2D eigenvalue weighted by Crippen LogP contribution is -2.49. The first kappa shape index (κ1) is 15.9. The van der Waals surface area contributed by atoms with Crippen molar-refractivity contribution in [3.8, 4) is 0 Å². The molecule has 1 aliphatic rings. The standard InChI is InChI=1S/C12H26N2O3S/c1-4-9-13-18(16,17)14-10-12(15)7-5-11(2,3)6-8-12/h13-15H,4-10H2,1-3H3. The quantitative estimate of drug-likeness (QED) is 0.682. The highest BCUT2D eigenvalue weighted by molar-refractivity contribution is 7.87. The van der Waals surface area contributed by atoms with Gasteiger partial charge in [0.05, 0.1) is 5.60 Å². The smallest absolute Gasteiger partial charge is 0.277 e. The summed E-state index contributed by atoms with van der Waals surface area (Å²) in [4.78, 5) is 0. The zero-order chi connectivity index (χ0) is 13.9. The molecule has 0 radical (unpaired) electrons. The van der Waals surface area contributed by atoms with Crippen LogP contribution in [0.5, 0.6) is 0 Å². The summed E-state index contributed by atoms with van der Waals surface area (Å²) in [6.45, 7) is 6.78. The van der Waals surface area contributed by atoms with Crippen molar-refractivity contribution in [3.63, 3.8) is 0 Å². The van der Waals surface area contributed by atoms with Crippen LogP contribution < -0.4 is 9.44 Å². The van der Waals surface area contributed by atoms with Gasteiger partial charge in [-0.25, -0.2) is 4.72 Å². The van der Waals surface area contributed by atoms with Crippen LogP contribution in [0.25, 0.3) is 0 Å². The number of nitrogens with one attached hydrogen (secondary N) is 2. The topological polar surface area (TPSA) is 78.4 Å². The van der Waals surface area contributed by atoms with Gasteiger partial charge in [0.2, 0.25) is 0 Å². The third-order valence-electron chi connectivity index (χ3n) is 3.67. The summed E-state index contributed by atoms with van der Waals surface area (Å²) < 4.78 is 28.0. The van der Waals surface area contributed by atoms with Gasteiger partial charge in [0.1, 0.15) is 0 Å². The van der Waals surface area contributed by atoms with E-state index >= 15 is 0 Å². The number of rotatable bonds is 6. The van der Waals surface area contributed by atoms with Crippen LogP contribution in [0.15, 0.2) is 0 Å². The van der Waals surface area contributed by atoms with E-state index in [2.05, 4.69) is 23.3 Å². The van der Waals surface area contributed by atoms with Gasteiger partial charge in [0.25, 0.3) is 10.2 Å². The molecule has 0 amide bonds. The SMILES string of the molecule is CCCNS(=O)(=O)NCC1(O)CCC(C)(C)CC1. The van der Waals surface area contributed by atoms with Crippen molar-refractivity contribution in [2.45, 2.75) is 58.5 Å². The number of aliphatic hydroxyl groups is 1. The van der Waals surface area contributed by atoms with E-state index in [1.165, 1.54) is 0 Å². The van der Waals surface area contributed by atoms with Crippen LogP contribution in [0.2, 0.25) is 0 Å². The monoisotopic (exact) mass is 278 g/mol. The third kappa shape index (κ3) is 5.22. The van der Waals surface area contributed by atoms with Gasteiger partial charge in [0, 0.05) is 13.1 Å². The van der Waals surface area contributed by atoms with Gasteiger partial charge in [-0.1, -0.05) is 20.8 Å². The molecular formula is C12H26N2O3S. The van der Waals surface area contributed by atoms with Crippen LogP contribution >= 0.6 is 0 Å². The van der Waals surface area contributed by atoms with Gasteiger partial charge in [0.15, 0.2) is 0 Å². The molecule has 6 heteroatoms. The number of hydrogen-bond acceptors (Lipinski definition) is 3. The van der Waals surface area contributed by atoms with E-state index in [1.807, 2.05) is 6.92 Å². The summed E-state index contributed by atoms with van der Waals surface area (Å²) in [7, 11) is -3.47. The van der Waals surface area contributed by atoms with E-state index in [1.54, 1.807) is 0 Å². The molecule has 1 fully saturated rings. The van der Waals surface area contributed by atoms with Crippen molar-refractivity contribution >= 4 is 10.2 Å². The highest BCUT2D eigenvalue weighted by Crippen LogP contribution is 2.39. The highest BCUT2D eigenvalue weighted by atomic mass is 32.2. The Morgan fingerprint density at radius 1 is 1.11 bits per heavy atom. The fourth-order valence-corrected chi connectivity index (χ4v) is 3.12. The van der Waals surface area contributed by atoms with Gasteiger partial charge >= 0.3 is 0 Å². The molecule has 0 bridgehead atoms. The molecule has 1 saturated carbocycles. The predicted molar refractivity (Wildman–Crippen MR) is 72.4 cm³/mol. The molecule has 0 spiro atoms. The molecule has 0 aromatic carbocycles. The third-order valence-corrected chi connectivity index (χ3v) is 4.78. The minimum absolute atomic E-state index is 0.0993. The van der Waals surface area contributed by atoms with E-state index in [0.717, 1.165) is 19.3 Å². The van der Waals surface area contributed by atoms with Gasteiger partial charge < -0.3 is 5.11 Å². The molecule has 5 nitrogen and oxygen atoms in total. The van der Waals surface area contributed by atoms with E-state index in [9.17, 15) is 13.5 Å². The Bertz CT molecular complexity index is 356. The first-order chi connectivity index (χ1) is 8.18. The molecule has 0 saturated heterocycles. The molecule has 108 valence electrons. The summed E-state index contributed by atoms with van der Waals surface area (Å²) in [6.07, 6.45) is 3.90. The Morgan fingerprint density at radius 2 is 1.67 bits per heavy atom. The van der Waals surface area contributed by atoms with Crippen molar-refractivity contribution in [1.29, 1.82) is 0 Å². The van der Waals surface area contributed by atoms with Gasteiger partial charge in [-0.15, -0.1) is 0 Å². The summed E-state index contributed by atoms with van der Waals surface area (Å²) in [5.74, 6) is 0. The minimum atomic E-state index is -3.47.